The fraction of sp³-hybridized carbons (Fsp3) is 0.538. The first-order valence-corrected chi connectivity index (χ1v) is 8.18. The summed E-state index contributed by atoms with van der Waals surface area (Å²) in [7, 11) is -3.89. The number of nitro benzene ring substituents is 1. The Kier molecular flexibility index (Phi) is 5.91. The number of hydrogen-bond acceptors (Lipinski definition) is 5. The number of hydrogen-bond donors (Lipinski definition) is 1. The van der Waals surface area contributed by atoms with Gasteiger partial charge in [0.25, 0.3) is 15.7 Å². The van der Waals surface area contributed by atoms with E-state index in [9.17, 15) is 18.5 Å². The van der Waals surface area contributed by atoms with Crippen molar-refractivity contribution >= 4 is 28.1 Å². The molecule has 1 aromatic carbocycles. The molecule has 0 spiro atoms. The molecule has 1 heterocycles. The molecule has 22 heavy (non-hydrogen) atoms. The smallest absolute Gasteiger partial charge is 0.289 e. The Bertz CT molecular complexity index is 678. The molecule has 0 aliphatic carbocycles. The predicted molar refractivity (Wildman–Crippen MR) is 86.0 cm³/mol. The molecular formula is C13H20ClN3O4S. The van der Waals surface area contributed by atoms with Crippen molar-refractivity contribution in [3.05, 3.63) is 33.4 Å². The average molecular weight is 350 g/mol. The summed E-state index contributed by atoms with van der Waals surface area (Å²) in [6.45, 7) is 6.55. The fourth-order valence-electron chi connectivity index (χ4n) is 2.54. The fourth-order valence-corrected chi connectivity index (χ4v) is 4.61. The Balaban J connectivity index is 0.00000242. The highest BCUT2D eigenvalue weighted by Crippen LogP contribution is 2.32. The Morgan fingerprint density at radius 1 is 1.36 bits per heavy atom. The summed E-state index contributed by atoms with van der Waals surface area (Å²) >= 11 is 0. The van der Waals surface area contributed by atoms with Crippen molar-refractivity contribution in [1.82, 2.24) is 9.62 Å². The molecule has 1 aliphatic rings. The number of halogens is 1. The summed E-state index contributed by atoms with van der Waals surface area (Å²) in [6, 6.07) is 2.61. The summed E-state index contributed by atoms with van der Waals surface area (Å²) < 4.78 is 27.1. The van der Waals surface area contributed by atoms with E-state index in [-0.39, 0.29) is 29.0 Å². The molecule has 7 nitrogen and oxygen atoms in total. The molecule has 0 bridgehead atoms. The number of sulfonamides is 1. The third-order valence-corrected chi connectivity index (χ3v) is 6.05. The first kappa shape index (κ1) is 18.8. The molecule has 0 amide bonds. The Morgan fingerprint density at radius 3 is 2.55 bits per heavy atom. The number of aryl methyl sites for hydroxylation is 1. The van der Waals surface area contributed by atoms with E-state index < -0.39 is 14.9 Å². The van der Waals surface area contributed by atoms with E-state index in [1.165, 1.54) is 10.4 Å². The minimum absolute atomic E-state index is 0. The second-order valence-electron chi connectivity index (χ2n) is 5.28. The van der Waals surface area contributed by atoms with Crippen LogP contribution in [0.5, 0.6) is 0 Å². The third kappa shape index (κ3) is 3.24. The van der Waals surface area contributed by atoms with Crippen molar-refractivity contribution in [2.24, 2.45) is 0 Å². The van der Waals surface area contributed by atoms with Gasteiger partial charge in [-0.25, -0.2) is 8.42 Å². The van der Waals surface area contributed by atoms with Crippen LogP contribution >= 0.6 is 12.4 Å². The van der Waals surface area contributed by atoms with Gasteiger partial charge in [-0.05, 0) is 31.9 Å². The van der Waals surface area contributed by atoms with Crippen LogP contribution in [0.1, 0.15) is 18.1 Å². The molecule has 1 atom stereocenters. The Morgan fingerprint density at radius 2 is 2.00 bits per heavy atom. The summed E-state index contributed by atoms with van der Waals surface area (Å²) in [4.78, 5) is 10.4. The van der Waals surface area contributed by atoms with Crippen molar-refractivity contribution in [3.63, 3.8) is 0 Å². The van der Waals surface area contributed by atoms with Gasteiger partial charge in [0.1, 0.15) is 0 Å². The lowest BCUT2D eigenvalue weighted by Crippen LogP contribution is -2.52. The number of nitrogens with one attached hydrogen (secondary N) is 1. The van der Waals surface area contributed by atoms with Gasteiger partial charge in [-0.15, -0.1) is 12.4 Å². The van der Waals surface area contributed by atoms with Crippen LogP contribution in [0.15, 0.2) is 17.0 Å². The molecule has 1 saturated heterocycles. The first-order valence-electron chi connectivity index (χ1n) is 6.74. The van der Waals surface area contributed by atoms with Gasteiger partial charge in [-0.2, -0.15) is 4.31 Å². The second kappa shape index (κ2) is 6.91. The van der Waals surface area contributed by atoms with Crippen LogP contribution in [0.4, 0.5) is 5.69 Å². The molecular weight excluding hydrogens is 330 g/mol. The van der Waals surface area contributed by atoms with Crippen LogP contribution in [0.3, 0.4) is 0 Å². The molecule has 9 heteroatoms. The lowest BCUT2D eigenvalue weighted by molar-refractivity contribution is -0.388. The summed E-state index contributed by atoms with van der Waals surface area (Å²) in [6.07, 6.45) is 0. The molecule has 2 rings (SSSR count). The van der Waals surface area contributed by atoms with E-state index >= 15 is 0 Å². The standard InChI is InChI=1S/C13H19N3O4S.ClH/c1-9-4-5-12(16(17)18)13(11(9)3)21(19,20)15-7-6-14-8-10(15)2;/h4-5,10,14H,6-8H2,1-3H3;1H. The van der Waals surface area contributed by atoms with E-state index in [4.69, 9.17) is 0 Å². The van der Waals surface area contributed by atoms with E-state index in [2.05, 4.69) is 5.32 Å². The van der Waals surface area contributed by atoms with Gasteiger partial charge in [0.15, 0.2) is 4.90 Å². The molecule has 1 unspecified atom stereocenters. The van der Waals surface area contributed by atoms with Gasteiger partial charge in [0.2, 0.25) is 0 Å². The quantitative estimate of drug-likeness (QED) is 0.661. The molecule has 1 aliphatic heterocycles. The SMILES string of the molecule is Cc1ccc([N+](=O)[O-])c(S(=O)(=O)N2CCNCC2C)c1C.Cl. The summed E-state index contributed by atoms with van der Waals surface area (Å²) in [5, 5.41) is 14.3. The maximum Gasteiger partial charge on any atom is 0.289 e. The first-order chi connectivity index (χ1) is 9.76. The topological polar surface area (TPSA) is 92.5 Å². The van der Waals surface area contributed by atoms with E-state index in [0.717, 1.165) is 5.56 Å². The van der Waals surface area contributed by atoms with Crippen LogP contribution in [0.2, 0.25) is 0 Å². The average Bonchev–Trinajstić information content (AvgIpc) is 2.41. The zero-order valence-corrected chi connectivity index (χ0v) is 14.3. The Hall–Kier alpha value is -1.22. The minimum Gasteiger partial charge on any atom is -0.314 e. The molecule has 1 fully saturated rings. The Labute approximate surface area is 136 Å². The minimum atomic E-state index is -3.89. The monoisotopic (exact) mass is 349 g/mol. The van der Waals surface area contributed by atoms with E-state index in [0.29, 0.717) is 25.2 Å². The van der Waals surface area contributed by atoms with E-state index in [1.807, 2.05) is 0 Å². The van der Waals surface area contributed by atoms with Crippen molar-refractivity contribution in [1.29, 1.82) is 0 Å². The van der Waals surface area contributed by atoms with Crippen molar-refractivity contribution < 1.29 is 13.3 Å². The molecule has 1 N–H and O–H groups in total. The van der Waals surface area contributed by atoms with Crippen LogP contribution < -0.4 is 5.32 Å². The third-order valence-electron chi connectivity index (χ3n) is 3.86. The zero-order valence-electron chi connectivity index (χ0n) is 12.7. The number of rotatable bonds is 3. The predicted octanol–water partition coefficient (Wildman–Crippen LogP) is 1.62. The highest BCUT2D eigenvalue weighted by molar-refractivity contribution is 7.89. The zero-order chi connectivity index (χ0) is 15.8. The van der Waals surface area contributed by atoms with Crippen LogP contribution in [0, 0.1) is 24.0 Å². The largest absolute Gasteiger partial charge is 0.314 e. The van der Waals surface area contributed by atoms with Gasteiger partial charge < -0.3 is 5.32 Å². The van der Waals surface area contributed by atoms with Crippen molar-refractivity contribution in [2.75, 3.05) is 19.6 Å². The molecule has 0 aromatic heterocycles. The molecule has 1 aromatic rings. The van der Waals surface area contributed by atoms with Gasteiger partial charge in [-0.1, -0.05) is 6.07 Å². The van der Waals surface area contributed by atoms with Crippen LogP contribution in [-0.4, -0.2) is 43.3 Å². The summed E-state index contributed by atoms with van der Waals surface area (Å²) in [5.74, 6) is 0. The lowest BCUT2D eigenvalue weighted by atomic mass is 10.1. The normalized spacial score (nSPS) is 19.5. The van der Waals surface area contributed by atoms with Crippen molar-refractivity contribution in [3.8, 4) is 0 Å². The number of nitrogens with zero attached hydrogens (tertiary/aromatic N) is 2. The van der Waals surface area contributed by atoms with Gasteiger partial charge >= 0.3 is 0 Å². The van der Waals surface area contributed by atoms with Crippen LogP contribution in [0.25, 0.3) is 0 Å². The highest BCUT2D eigenvalue weighted by atomic mass is 35.5. The molecule has 124 valence electrons. The maximum absolute atomic E-state index is 12.9. The number of nitro groups is 1. The van der Waals surface area contributed by atoms with Gasteiger partial charge in [0, 0.05) is 31.7 Å². The van der Waals surface area contributed by atoms with Crippen LogP contribution in [-0.2, 0) is 10.0 Å². The molecule has 0 saturated carbocycles. The maximum atomic E-state index is 12.9. The number of piperazine rings is 1. The number of benzene rings is 1. The lowest BCUT2D eigenvalue weighted by Gasteiger charge is -2.33. The second-order valence-corrected chi connectivity index (χ2v) is 7.11. The highest BCUT2D eigenvalue weighted by Gasteiger charge is 2.37. The van der Waals surface area contributed by atoms with E-state index in [1.54, 1.807) is 26.8 Å². The van der Waals surface area contributed by atoms with Gasteiger partial charge in [-0.3, -0.25) is 10.1 Å². The summed E-state index contributed by atoms with van der Waals surface area (Å²) in [5.41, 5.74) is 0.806. The van der Waals surface area contributed by atoms with Crippen molar-refractivity contribution in [2.45, 2.75) is 31.7 Å². The van der Waals surface area contributed by atoms with Gasteiger partial charge in [0.05, 0.1) is 4.92 Å². The molecule has 0 radical (unpaired) electrons.